The fraction of sp³-hybridized carbons (Fsp3) is 0.417. The number of hydrogen-bond acceptors (Lipinski definition) is 9. The van der Waals surface area contributed by atoms with E-state index in [0.29, 0.717) is 13.2 Å². The summed E-state index contributed by atoms with van der Waals surface area (Å²) in [5.41, 5.74) is 4.26. The molecule has 0 saturated carbocycles. The van der Waals surface area contributed by atoms with Crippen molar-refractivity contribution in [3.05, 3.63) is 107 Å². The highest BCUT2D eigenvalue weighted by Gasteiger charge is 2.41. The number of morpholine rings is 1. The van der Waals surface area contributed by atoms with Gasteiger partial charge in [-0.25, -0.2) is 4.79 Å². The summed E-state index contributed by atoms with van der Waals surface area (Å²) in [6.07, 6.45) is -1.82. The molecule has 248 valence electrons. The van der Waals surface area contributed by atoms with E-state index in [0.717, 1.165) is 52.4 Å². The molecular formula is C36H41N3O8. The molecule has 3 aromatic rings. The second-order valence-corrected chi connectivity index (χ2v) is 12.3. The number of aliphatic hydroxyl groups is 1. The van der Waals surface area contributed by atoms with Crippen LogP contribution in [-0.2, 0) is 48.3 Å². The van der Waals surface area contributed by atoms with Gasteiger partial charge in [-0.1, -0.05) is 85.8 Å². The van der Waals surface area contributed by atoms with Crippen LogP contribution in [0.25, 0.3) is 0 Å². The normalized spacial score (nSPS) is 25.1. The molecule has 0 spiro atoms. The standard InChI is InChI=1S/C36H41N3O8/c1-24-31(21-38-15-17-44-18-16-38)46-35(47-33(24)28-11-9-26(22-40)10-12-28)29-13-7-25(8-14-29)20-39-32(41)19-30(34(39)42)37-36(43)45-23-27-5-3-2-4-6-27/h2-14,24,30-31,33,35,40H,15-23H2,1H3,(H,37,43)/t24-,30?,31+,33+,35+/m0/s1. The van der Waals surface area contributed by atoms with E-state index < -0.39 is 24.3 Å². The Labute approximate surface area is 274 Å². The molecule has 3 fully saturated rings. The summed E-state index contributed by atoms with van der Waals surface area (Å²) in [6, 6.07) is 23.6. The molecule has 3 aromatic carbocycles. The van der Waals surface area contributed by atoms with Crippen molar-refractivity contribution in [2.45, 2.75) is 57.6 Å². The van der Waals surface area contributed by atoms with Crippen molar-refractivity contribution in [2.24, 2.45) is 5.92 Å². The molecule has 3 aliphatic heterocycles. The van der Waals surface area contributed by atoms with Crippen molar-refractivity contribution in [3.63, 3.8) is 0 Å². The van der Waals surface area contributed by atoms with Crippen LogP contribution in [0.5, 0.6) is 0 Å². The third kappa shape index (κ3) is 8.06. The first-order valence-electron chi connectivity index (χ1n) is 16.1. The summed E-state index contributed by atoms with van der Waals surface area (Å²) in [4.78, 5) is 41.7. The van der Waals surface area contributed by atoms with Gasteiger partial charge < -0.3 is 29.4 Å². The number of likely N-dealkylation sites (tertiary alicyclic amines) is 1. The SMILES string of the molecule is C[C@H]1[C@@H](CN2CCOCC2)O[C@@H](c2ccc(CN3C(=O)CC(NC(=O)OCc4ccccc4)C3=O)cc2)O[C@H]1c1ccc(CO)cc1. The van der Waals surface area contributed by atoms with E-state index in [-0.39, 0.29) is 50.2 Å². The van der Waals surface area contributed by atoms with Crippen LogP contribution in [0.15, 0.2) is 78.9 Å². The molecule has 2 N–H and O–H groups in total. The Morgan fingerprint density at radius 2 is 1.57 bits per heavy atom. The average Bonchev–Trinajstić information content (AvgIpc) is 3.36. The van der Waals surface area contributed by atoms with E-state index in [4.69, 9.17) is 18.9 Å². The van der Waals surface area contributed by atoms with Gasteiger partial charge in [0, 0.05) is 31.1 Å². The summed E-state index contributed by atoms with van der Waals surface area (Å²) in [6.45, 7) is 6.12. The van der Waals surface area contributed by atoms with Gasteiger partial charge in [0.25, 0.3) is 5.91 Å². The molecule has 3 saturated heterocycles. The van der Waals surface area contributed by atoms with Gasteiger partial charge in [-0.15, -0.1) is 0 Å². The molecule has 3 heterocycles. The molecule has 5 atom stereocenters. The lowest BCUT2D eigenvalue weighted by Gasteiger charge is -2.43. The molecule has 3 amide bonds. The van der Waals surface area contributed by atoms with Crippen LogP contribution < -0.4 is 5.32 Å². The van der Waals surface area contributed by atoms with E-state index in [1.165, 1.54) is 0 Å². The van der Waals surface area contributed by atoms with Gasteiger partial charge in [-0.2, -0.15) is 0 Å². The van der Waals surface area contributed by atoms with Crippen molar-refractivity contribution in [3.8, 4) is 0 Å². The van der Waals surface area contributed by atoms with Gasteiger partial charge in [0.1, 0.15) is 12.6 Å². The lowest BCUT2D eigenvalue weighted by Crippen LogP contribution is -2.47. The van der Waals surface area contributed by atoms with Crippen LogP contribution in [0.4, 0.5) is 4.79 Å². The summed E-state index contributed by atoms with van der Waals surface area (Å²) >= 11 is 0. The quantitative estimate of drug-likeness (QED) is 0.317. The first-order valence-corrected chi connectivity index (χ1v) is 16.1. The number of nitrogens with zero attached hydrogens (tertiary/aromatic N) is 2. The average molecular weight is 644 g/mol. The lowest BCUT2D eigenvalue weighted by atomic mass is 9.90. The minimum absolute atomic E-state index is 0.0216. The van der Waals surface area contributed by atoms with Gasteiger partial charge >= 0.3 is 6.09 Å². The zero-order valence-electron chi connectivity index (χ0n) is 26.5. The van der Waals surface area contributed by atoms with Gasteiger partial charge in [0.2, 0.25) is 5.91 Å². The van der Waals surface area contributed by atoms with Crippen LogP contribution in [0.3, 0.4) is 0 Å². The highest BCUT2D eigenvalue weighted by molar-refractivity contribution is 6.06. The Hall–Kier alpha value is -4.13. The number of benzene rings is 3. The first kappa shape index (κ1) is 32.8. The Kier molecular flexibility index (Phi) is 10.6. The number of rotatable bonds is 10. The molecule has 0 bridgehead atoms. The number of alkyl carbamates (subject to hydrolysis) is 1. The molecule has 0 aliphatic carbocycles. The number of nitrogens with one attached hydrogen (secondary N) is 1. The fourth-order valence-corrected chi connectivity index (χ4v) is 6.20. The van der Waals surface area contributed by atoms with Crippen LogP contribution in [0, 0.1) is 5.92 Å². The zero-order chi connectivity index (χ0) is 32.8. The minimum Gasteiger partial charge on any atom is -0.445 e. The van der Waals surface area contributed by atoms with Crippen molar-refractivity contribution >= 4 is 17.9 Å². The fourth-order valence-electron chi connectivity index (χ4n) is 6.20. The Morgan fingerprint density at radius 1 is 0.894 bits per heavy atom. The summed E-state index contributed by atoms with van der Waals surface area (Å²) in [5.74, 6) is -0.760. The predicted molar refractivity (Wildman–Crippen MR) is 170 cm³/mol. The van der Waals surface area contributed by atoms with Crippen LogP contribution in [0.2, 0.25) is 0 Å². The number of amides is 3. The maximum absolute atomic E-state index is 13.1. The second kappa shape index (κ2) is 15.2. The maximum Gasteiger partial charge on any atom is 0.408 e. The van der Waals surface area contributed by atoms with Crippen LogP contribution >= 0.6 is 0 Å². The van der Waals surface area contributed by atoms with E-state index in [9.17, 15) is 19.5 Å². The van der Waals surface area contributed by atoms with Crippen molar-refractivity contribution in [1.29, 1.82) is 0 Å². The summed E-state index contributed by atoms with van der Waals surface area (Å²) in [5, 5.41) is 12.1. The summed E-state index contributed by atoms with van der Waals surface area (Å²) < 4.78 is 23.9. The van der Waals surface area contributed by atoms with E-state index in [1.807, 2.05) is 78.9 Å². The molecule has 11 heteroatoms. The highest BCUT2D eigenvalue weighted by atomic mass is 16.7. The Bertz CT molecular complexity index is 1510. The number of aliphatic hydroxyl groups excluding tert-OH is 1. The molecule has 1 unspecified atom stereocenters. The summed E-state index contributed by atoms with van der Waals surface area (Å²) in [7, 11) is 0. The van der Waals surface area contributed by atoms with Gasteiger partial charge in [-0.3, -0.25) is 19.4 Å². The minimum atomic E-state index is -0.970. The van der Waals surface area contributed by atoms with Gasteiger partial charge in [0.05, 0.1) is 45.0 Å². The first-order chi connectivity index (χ1) is 22.9. The highest BCUT2D eigenvalue weighted by Crippen LogP contribution is 2.42. The third-order valence-corrected chi connectivity index (χ3v) is 9.01. The second-order valence-electron chi connectivity index (χ2n) is 12.3. The van der Waals surface area contributed by atoms with Gasteiger partial charge in [0.15, 0.2) is 6.29 Å². The Morgan fingerprint density at radius 3 is 2.28 bits per heavy atom. The molecule has 3 aliphatic rings. The van der Waals surface area contributed by atoms with Gasteiger partial charge in [-0.05, 0) is 22.3 Å². The number of imide groups is 1. The van der Waals surface area contributed by atoms with Crippen LogP contribution in [-0.4, -0.2) is 77.8 Å². The maximum atomic E-state index is 13.1. The van der Waals surface area contributed by atoms with E-state index in [1.54, 1.807) is 0 Å². The van der Waals surface area contributed by atoms with Crippen molar-refractivity contribution in [1.82, 2.24) is 15.1 Å². The number of carbonyl (C=O) groups is 3. The Balaban J connectivity index is 1.10. The monoisotopic (exact) mass is 643 g/mol. The zero-order valence-corrected chi connectivity index (χ0v) is 26.5. The third-order valence-electron chi connectivity index (χ3n) is 9.01. The molecular weight excluding hydrogens is 602 g/mol. The molecule has 11 nitrogen and oxygen atoms in total. The van der Waals surface area contributed by atoms with Crippen LogP contribution in [0.1, 0.15) is 53.6 Å². The van der Waals surface area contributed by atoms with Crippen molar-refractivity contribution in [2.75, 3.05) is 32.8 Å². The molecule has 47 heavy (non-hydrogen) atoms. The number of carbonyl (C=O) groups excluding carboxylic acids is 3. The largest absolute Gasteiger partial charge is 0.445 e. The molecule has 0 radical (unpaired) electrons. The molecule has 0 aromatic heterocycles. The van der Waals surface area contributed by atoms with E-state index >= 15 is 0 Å². The topological polar surface area (TPSA) is 127 Å². The predicted octanol–water partition coefficient (Wildman–Crippen LogP) is 3.86. The lowest BCUT2D eigenvalue weighted by molar-refractivity contribution is -0.277. The molecule has 6 rings (SSSR count). The number of ether oxygens (including phenoxy) is 4. The van der Waals surface area contributed by atoms with E-state index in [2.05, 4.69) is 17.1 Å². The number of hydrogen-bond donors (Lipinski definition) is 2. The van der Waals surface area contributed by atoms with Crippen molar-refractivity contribution < 1.29 is 38.4 Å². The smallest absolute Gasteiger partial charge is 0.408 e.